The number of fused-ring (bicyclic) bond motifs is 1. The van der Waals surface area contributed by atoms with Crippen molar-refractivity contribution in [2.75, 3.05) is 5.43 Å². The van der Waals surface area contributed by atoms with E-state index in [1.165, 1.54) is 37.8 Å². The highest BCUT2D eigenvalue weighted by molar-refractivity contribution is 5.99. The van der Waals surface area contributed by atoms with Crippen LogP contribution in [0.2, 0.25) is 0 Å². The second kappa shape index (κ2) is 13.9. The van der Waals surface area contributed by atoms with Crippen LogP contribution in [-0.4, -0.2) is 18.0 Å². The number of Topliss-reactive ketones (excluding diaryl/α,β-unsaturated/α-hetero) is 1. The highest BCUT2D eigenvalue weighted by atomic mass is 19.3. The van der Waals surface area contributed by atoms with Crippen LogP contribution < -0.4 is 5.43 Å². The normalized spacial score (nSPS) is 24.0. The summed E-state index contributed by atoms with van der Waals surface area (Å²) in [5, 5.41) is 4.09. The molecule has 0 amide bonds. The van der Waals surface area contributed by atoms with Crippen molar-refractivity contribution in [2.45, 2.75) is 103 Å². The van der Waals surface area contributed by atoms with Gasteiger partial charge in [0, 0.05) is 43.0 Å². The molecule has 2 aliphatic carbocycles. The molecule has 1 aliphatic heterocycles. The molecule has 5 nitrogen and oxygen atoms in total. The second-order valence-corrected chi connectivity index (χ2v) is 12.9. The summed E-state index contributed by atoms with van der Waals surface area (Å²) in [6, 6.07) is 11.9. The van der Waals surface area contributed by atoms with E-state index in [9.17, 15) is 18.4 Å². The number of carbonyl (C=O) groups is 2. The van der Waals surface area contributed by atoms with E-state index in [0.717, 1.165) is 80.7 Å². The minimum Gasteiger partial charge on any atom is -0.461 e. The maximum Gasteiger partial charge on any atom is 0.306 e. The number of hydrazone groups is 1. The molecule has 226 valence electrons. The number of anilines is 1. The first-order valence-electron chi connectivity index (χ1n) is 15.8. The van der Waals surface area contributed by atoms with Crippen LogP contribution in [0.4, 0.5) is 14.5 Å². The van der Waals surface area contributed by atoms with Gasteiger partial charge in [-0.3, -0.25) is 15.0 Å². The molecule has 2 saturated carbocycles. The topological polar surface area (TPSA) is 67.8 Å². The van der Waals surface area contributed by atoms with Gasteiger partial charge in [0.1, 0.15) is 6.61 Å². The molecule has 0 spiro atoms. The molecule has 7 heteroatoms. The van der Waals surface area contributed by atoms with Gasteiger partial charge in [-0.05, 0) is 79.2 Å². The van der Waals surface area contributed by atoms with E-state index < -0.39 is 5.92 Å². The third-order valence-electron chi connectivity index (χ3n) is 9.64. The Labute approximate surface area is 248 Å². The molecule has 1 heterocycles. The fourth-order valence-electron chi connectivity index (χ4n) is 7.09. The predicted molar refractivity (Wildman–Crippen MR) is 162 cm³/mol. The predicted octanol–water partition coefficient (Wildman–Crippen LogP) is 8.85. The van der Waals surface area contributed by atoms with E-state index in [1.54, 1.807) is 12.1 Å². The molecule has 0 radical (unpaired) electrons. The Morgan fingerprint density at radius 3 is 2.50 bits per heavy atom. The Morgan fingerprint density at radius 1 is 0.952 bits per heavy atom. The number of hydrogen-bond donors (Lipinski definition) is 1. The number of ketones is 1. The van der Waals surface area contributed by atoms with Crippen LogP contribution in [0.15, 0.2) is 47.6 Å². The monoisotopic (exact) mass is 578 g/mol. The van der Waals surface area contributed by atoms with Crippen LogP contribution in [0.1, 0.15) is 111 Å². The summed E-state index contributed by atoms with van der Waals surface area (Å²) in [6.07, 6.45) is 15.5. The Morgan fingerprint density at radius 2 is 1.69 bits per heavy atom. The number of alkyl halides is 2. The number of nitrogens with zero attached hydrogens (tertiary/aromatic N) is 1. The highest BCUT2D eigenvalue weighted by Gasteiger charge is 2.31. The summed E-state index contributed by atoms with van der Waals surface area (Å²) in [7, 11) is 0. The van der Waals surface area contributed by atoms with Crippen molar-refractivity contribution < 1.29 is 23.1 Å². The van der Waals surface area contributed by atoms with Crippen LogP contribution in [0.5, 0.6) is 0 Å². The number of hydrogen-bond acceptors (Lipinski definition) is 5. The Bertz CT molecular complexity index is 1250. The molecule has 2 aromatic carbocycles. The molecule has 5 rings (SSSR count). The van der Waals surface area contributed by atoms with Crippen molar-refractivity contribution in [2.24, 2.45) is 28.8 Å². The molecule has 3 aliphatic rings. The van der Waals surface area contributed by atoms with Gasteiger partial charge in [-0.15, -0.1) is 0 Å². The Balaban J connectivity index is 0.976. The molecule has 0 bridgehead atoms. The molecular weight excluding hydrogens is 534 g/mol. The lowest BCUT2D eigenvalue weighted by atomic mass is 9.89. The molecule has 1 N–H and O–H groups in total. The van der Waals surface area contributed by atoms with Gasteiger partial charge in [0.2, 0.25) is 0 Å². The molecule has 0 saturated heterocycles. The highest BCUT2D eigenvalue weighted by Crippen LogP contribution is 2.38. The number of carbonyl (C=O) groups excluding carboxylic acids is 2. The van der Waals surface area contributed by atoms with Gasteiger partial charge in [0.15, 0.2) is 5.78 Å². The van der Waals surface area contributed by atoms with Crippen molar-refractivity contribution in [1.29, 1.82) is 0 Å². The number of ether oxygens (including phenoxy) is 1. The minimum absolute atomic E-state index is 0.0385. The van der Waals surface area contributed by atoms with Crippen molar-refractivity contribution in [3.63, 3.8) is 0 Å². The van der Waals surface area contributed by atoms with Crippen LogP contribution >= 0.6 is 0 Å². The third kappa shape index (κ3) is 8.26. The van der Waals surface area contributed by atoms with Crippen LogP contribution in [-0.2, 0) is 28.5 Å². The number of esters is 1. The standard InChI is InChI=1S/C35H44F2N2O3/c1-35(36,37)31-15-11-27(12-16-31)23-42-33(40)21-26-7-3-5-24(8-9-26)4-2-6-25-10-13-29(20-25)34(41)30-14-17-32-28(22-30)18-19-38-39-32/h11-12,14-17,19,22,24-26,29,39H,2-10,13,18,20-21,23H2,1H3/t24?,25?,26-,29?/m0/s1. The van der Waals surface area contributed by atoms with Crippen molar-refractivity contribution in [3.8, 4) is 0 Å². The van der Waals surface area contributed by atoms with E-state index >= 15 is 0 Å². The summed E-state index contributed by atoms with van der Waals surface area (Å²) in [6.45, 7) is 0.998. The maximum absolute atomic E-state index is 13.4. The first-order chi connectivity index (χ1) is 20.2. The number of halogens is 2. The number of nitrogens with one attached hydrogen (secondary N) is 1. The first kappa shape index (κ1) is 30.4. The summed E-state index contributed by atoms with van der Waals surface area (Å²) in [4.78, 5) is 25.7. The summed E-state index contributed by atoms with van der Waals surface area (Å²) >= 11 is 0. The average molecular weight is 579 g/mol. The fraction of sp³-hybridized carbons (Fsp3) is 0.571. The number of rotatable bonds is 11. The van der Waals surface area contributed by atoms with Crippen molar-refractivity contribution in [1.82, 2.24) is 0 Å². The van der Waals surface area contributed by atoms with Gasteiger partial charge in [-0.25, -0.2) is 8.78 Å². The summed E-state index contributed by atoms with van der Waals surface area (Å²) in [5.74, 6) is -0.899. The van der Waals surface area contributed by atoms with Gasteiger partial charge < -0.3 is 4.74 Å². The second-order valence-electron chi connectivity index (χ2n) is 12.9. The Kier molecular flexibility index (Phi) is 10.1. The van der Waals surface area contributed by atoms with Crippen LogP contribution in [0.25, 0.3) is 0 Å². The third-order valence-corrected chi connectivity index (χ3v) is 9.64. The molecule has 3 unspecified atom stereocenters. The lowest BCUT2D eigenvalue weighted by Gasteiger charge is -2.17. The first-order valence-corrected chi connectivity index (χ1v) is 15.8. The van der Waals surface area contributed by atoms with Crippen molar-refractivity contribution in [3.05, 3.63) is 64.7 Å². The SMILES string of the molecule is CC(F)(F)c1ccc(COC(=O)C[C@H]2CCCC(CCCC3CCC(C(=O)c4ccc5c(c4)CC=NN5)C3)CC2)cc1. The van der Waals surface area contributed by atoms with Gasteiger partial charge in [0.25, 0.3) is 5.92 Å². The largest absolute Gasteiger partial charge is 0.461 e. The van der Waals surface area contributed by atoms with Crippen LogP contribution in [0, 0.1) is 23.7 Å². The zero-order valence-electron chi connectivity index (χ0n) is 24.8. The van der Waals surface area contributed by atoms with Gasteiger partial charge >= 0.3 is 5.97 Å². The lowest BCUT2D eigenvalue weighted by molar-refractivity contribution is -0.146. The van der Waals surface area contributed by atoms with E-state index in [4.69, 9.17) is 4.74 Å². The molecule has 0 aromatic heterocycles. The summed E-state index contributed by atoms with van der Waals surface area (Å²) in [5.41, 5.74) is 6.67. The fourth-order valence-corrected chi connectivity index (χ4v) is 7.09. The van der Waals surface area contributed by atoms with E-state index in [2.05, 4.69) is 10.5 Å². The molecule has 2 aromatic rings. The molecule has 4 atom stereocenters. The quantitative estimate of drug-likeness (QED) is 0.164. The van der Waals surface area contributed by atoms with Gasteiger partial charge in [-0.2, -0.15) is 5.10 Å². The lowest BCUT2D eigenvalue weighted by Crippen LogP contribution is -2.13. The minimum atomic E-state index is -2.87. The molecule has 42 heavy (non-hydrogen) atoms. The van der Waals surface area contributed by atoms with E-state index in [1.807, 2.05) is 24.4 Å². The summed E-state index contributed by atoms with van der Waals surface area (Å²) < 4.78 is 32.3. The Hall–Kier alpha value is -3.09. The van der Waals surface area contributed by atoms with Crippen molar-refractivity contribution >= 4 is 23.7 Å². The average Bonchev–Trinajstić information content (AvgIpc) is 3.35. The maximum atomic E-state index is 13.4. The molecular formula is C35H44F2N2O3. The van der Waals surface area contributed by atoms with Gasteiger partial charge in [-0.1, -0.05) is 62.8 Å². The smallest absolute Gasteiger partial charge is 0.306 e. The zero-order chi connectivity index (χ0) is 29.5. The number of benzene rings is 2. The van der Waals surface area contributed by atoms with Gasteiger partial charge in [0.05, 0.1) is 5.69 Å². The van der Waals surface area contributed by atoms with E-state index in [0.29, 0.717) is 30.0 Å². The van der Waals surface area contributed by atoms with Crippen LogP contribution in [0.3, 0.4) is 0 Å². The zero-order valence-corrected chi connectivity index (χ0v) is 24.8. The van der Waals surface area contributed by atoms with E-state index in [-0.39, 0.29) is 24.1 Å². The molecule has 2 fully saturated rings.